The number of H-pyrrole nitrogens is 1. The lowest BCUT2D eigenvalue weighted by atomic mass is 9.91. The Hall–Kier alpha value is -2.22. The van der Waals surface area contributed by atoms with E-state index < -0.39 is 0 Å². The van der Waals surface area contributed by atoms with Crippen LogP contribution in [0.1, 0.15) is 40.9 Å². The van der Waals surface area contributed by atoms with Crippen molar-refractivity contribution < 1.29 is 9.53 Å². The van der Waals surface area contributed by atoms with Crippen molar-refractivity contribution >= 4 is 5.91 Å². The van der Waals surface area contributed by atoms with E-state index in [-0.39, 0.29) is 11.8 Å². The van der Waals surface area contributed by atoms with Crippen molar-refractivity contribution in [1.29, 1.82) is 0 Å². The molecule has 2 aliphatic rings. The Labute approximate surface area is 140 Å². The molecule has 1 N–H and O–H groups in total. The number of carbonyl (C=O) groups is 1. The lowest BCUT2D eigenvalue weighted by molar-refractivity contribution is 0.0779. The molecule has 0 unspecified atom stereocenters. The molecular weight excluding hydrogens is 308 g/mol. The summed E-state index contributed by atoms with van der Waals surface area (Å²) in [5.41, 5.74) is 0.503. The molecule has 2 aromatic heterocycles. The minimum atomic E-state index is -0.00333. The van der Waals surface area contributed by atoms with Gasteiger partial charge in [0.2, 0.25) is 0 Å². The van der Waals surface area contributed by atoms with Gasteiger partial charge in [-0.25, -0.2) is 9.97 Å². The van der Waals surface area contributed by atoms with Crippen LogP contribution in [0.25, 0.3) is 0 Å². The van der Waals surface area contributed by atoms with Crippen LogP contribution in [0.2, 0.25) is 0 Å². The zero-order valence-electron chi connectivity index (χ0n) is 14.0. The Bertz CT molecular complexity index is 735. The number of aromatic nitrogens is 5. The number of ether oxygens (including phenoxy) is 1. The summed E-state index contributed by atoms with van der Waals surface area (Å²) in [4.78, 5) is 23.4. The monoisotopic (exact) mass is 330 g/mol. The molecule has 0 spiro atoms. The smallest absolute Gasteiger partial charge is 0.274 e. The molecule has 1 saturated heterocycles. The molecule has 1 aliphatic carbocycles. The van der Waals surface area contributed by atoms with Crippen LogP contribution in [0.15, 0.2) is 12.5 Å². The Balaban J connectivity index is 1.54. The molecule has 8 nitrogen and oxygen atoms in total. The van der Waals surface area contributed by atoms with Crippen LogP contribution in [0.5, 0.6) is 0 Å². The van der Waals surface area contributed by atoms with Gasteiger partial charge in [0.25, 0.3) is 5.91 Å². The van der Waals surface area contributed by atoms with E-state index in [4.69, 9.17) is 4.74 Å². The molecule has 128 valence electrons. The van der Waals surface area contributed by atoms with Crippen molar-refractivity contribution in [3.63, 3.8) is 0 Å². The SMILES string of the molecule is COCc1nc([C@H]2CN(C(=O)c3cn(C)cn3)C[C@@H]2C2CC2)n[nH]1. The van der Waals surface area contributed by atoms with Crippen LogP contribution in [0.3, 0.4) is 0 Å². The molecule has 4 rings (SSSR count). The van der Waals surface area contributed by atoms with E-state index in [0.717, 1.165) is 18.2 Å². The highest BCUT2D eigenvalue weighted by molar-refractivity contribution is 5.92. The first-order valence-electron chi connectivity index (χ1n) is 8.33. The van der Waals surface area contributed by atoms with Gasteiger partial charge in [0.1, 0.15) is 12.3 Å². The fourth-order valence-electron chi connectivity index (χ4n) is 3.63. The standard InChI is InChI=1S/C16H22N6O2/c1-21-7-13(17-9-21)16(23)22-5-11(10-3-4-10)12(6-22)15-18-14(8-24-2)19-20-15/h7,9-12H,3-6,8H2,1-2H3,(H,18,19,20)/t11-,12+/m1/s1. The van der Waals surface area contributed by atoms with Gasteiger partial charge in [0, 0.05) is 39.4 Å². The number of hydrogen-bond acceptors (Lipinski definition) is 5. The number of aryl methyl sites for hydroxylation is 1. The maximum absolute atomic E-state index is 12.7. The Morgan fingerprint density at radius 3 is 2.92 bits per heavy atom. The fraction of sp³-hybridized carbons (Fsp3) is 0.625. The van der Waals surface area contributed by atoms with E-state index in [9.17, 15) is 4.79 Å². The number of amides is 1. The van der Waals surface area contributed by atoms with Gasteiger partial charge >= 0.3 is 0 Å². The van der Waals surface area contributed by atoms with E-state index in [2.05, 4.69) is 20.2 Å². The number of nitrogens with zero attached hydrogens (tertiary/aromatic N) is 5. The van der Waals surface area contributed by atoms with Crippen molar-refractivity contribution in [1.82, 2.24) is 29.6 Å². The molecule has 24 heavy (non-hydrogen) atoms. The predicted octanol–water partition coefficient (Wildman–Crippen LogP) is 0.950. The van der Waals surface area contributed by atoms with E-state index in [1.165, 1.54) is 12.8 Å². The molecule has 1 amide bonds. The molecule has 1 saturated carbocycles. The van der Waals surface area contributed by atoms with Crippen molar-refractivity contribution in [2.45, 2.75) is 25.4 Å². The number of rotatable bonds is 5. The maximum Gasteiger partial charge on any atom is 0.274 e. The summed E-state index contributed by atoms with van der Waals surface area (Å²) in [7, 11) is 3.51. The summed E-state index contributed by atoms with van der Waals surface area (Å²) < 4.78 is 6.90. The highest BCUT2D eigenvalue weighted by atomic mass is 16.5. The first kappa shape index (κ1) is 15.3. The minimum Gasteiger partial charge on any atom is -0.377 e. The zero-order chi connectivity index (χ0) is 16.7. The van der Waals surface area contributed by atoms with Gasteiger partial charge in [0.15, 0.2) is 11.6 Å². The average molecular weight is 330 g/mol. The molecule has 0 bridgehead atoms. The van der Waals surface area contributed by atoms with Crippen LogP contribution >= 0.6 is 0 Å². The lowest BCUT2D eigenvalue weighted by Crippen LogP contribution is -2.29. The normalized spacial score (nSPS) is 23.8. The number of nitrogens with one attached hydrogen (secondary N) is 1. The number of aromatic amines is 1. The molecule has 0 aromatic carbocycles. The number of carbonyl (C=O) groups excluding carboxylic acids is 1. The zero-order valence-corrected chi connectivity index (χ0v) is 14.0. The van der Waals surface area contributed by atoms with Crippen LogP contribution in [-0.2, 0) is 18.4 Å². The summed E-state index contributed by atoms with van der Waals surface area (Å²) >= 11 is 0. The van der Waals surface area contributed by atoms with Crippen LogP contribution in [-0.4, -0.2) is 55.7 Å². The van der Waals surface area contributed by atoms with Crippen molar-refractivity contribution in [2.24, 2.45) is 18.9 Å². The third-order valence-corrected chi connectivity index (χ3v) is 4.97. The maximum atomic E-state index is 12.7. The summed E-state index contributed by atoms with van der Waals surface area (Å²) in [6, 6.07) is 0. The molecular formula is C16H22N6O2. The lowest BCUT2D eigenvalue weighted by Gasteiger charge is -2.14. The van der Waals surface area contributed by atoms with Gasteiger partial charge in [-0.05, 0) is 24.7 Å². The van der Waals surface area contributed by atoms with Gasteiger partial charge < -0.3 is 14.2 Å². The third kappa shape index (κ3) is 2.82. The highest BCUT2D eigenvalue weighted by Gasteiger charge is 2.46. The summed E-state index contributed by atoms with van der Waals surface area (Å²) in [5.74, 6) is 2.83. The third-order valence-electron chi connectivity index (χ3n) is 4.97. The second-order valence-electron chi connectivity index (χ2n) is 6.82. The van der Waals surface area contributed by atoms with E-state index in [1.807, 2.05) is 11.9 Å². The number of imidazole rings is 1. The molecule has 1 aliphatic heterocycles. The predicted molar refractivity (Wildman–Crippen MR) is 85.2 cm³/mol. The minimum absolute atomic E-state index is 0.00333. The highest BCUT2D eigenvalue weighted by Crippen LogP contribution is 2.47. The quantitative estimate of drug-likeness (QED) is 0.882. The second-order valence-corrected chi connectivity index (χ2v) is 6.82. The molecule has 2 fully saturated rings. The number of methoxy groups -OCH3 is 1. The van der Waals surface area contributed by atoms with Gasteiger partial charge in [0.05, 0.1) is 6.33 Å². The van der Waals surface area contributed by atoms with Gasteiger partial charge in [-0.3, -0.25) is 9.89 Å². The molecule has 8 heteroatoms. The fourth-order valence-corrected chi connectivity index (χ4v) is 3.63. The van der Waals surface area contributed by atoms with Crippen molar-refractivity contribution in [2.75, 3.05) is 20.2 Å². The molecule has 2 aromatic rings. The molecule has 0 radical (unpaired) electrons. The summed E-state index contributed by atoms with van der Waals surface area (Å²) in [5, 5.41) is 7.31. The van der Waals surface area contributed by atoms with Crippen LogP contribution in [0.4, 0.5) is 0 Å². The van der Waals surface area contributed by atoms with Crippen molar-refractivity contribution in [3.8, 4) is 0 Å². The topological polar surface area (TPSA) is 88.9 Å². The van der Waals surface area contributed by atoms with Gasteiger partial charge in [-0.2, -0.15) is 5.10 Å². The largest absolute Gasteiger partial charge is 0.377 e. The average Bonchev–Trinajstić information content (AvgIpc) is 2.99. The summed E-state index contributed by atoms with van der Waals surface area (Å²) in [6.07, 6.45) is 5.90. The van der Waals surface area contributed by atoms with E-state index in [1.54, 1.807) is 24.2 Å². The molecule has 3 heterocycles. The number of likely N-dealkylation sites (tertiary alicyclic amines) is 1. The van der Waals surface area contributed by atoms with Gasteiger partial charge in [-0.15, -0.1) is 0 Å². The van der Waals surface area contributed by atoms with Crippen LogP contribution < -0.4 is 0 Å². The first-order valence-corrected chi connectivity index (χ1v) is 8.33. The first-order chi connectivity index (χ1) is 11.7. The molecule has 2 atom stereocenters. The van der Waals surface area contributed by atoms with Crippen LogP contribution in [0, 0.1) is 11.8 Å². The van der Waals surface area contributed by atoms with Crippen molar-refractivity contribution in [3.05, 3.63) is 29.9 Å². The van der Waals surface area contributed by atoms with Gasteiger partial charge in [-0.1, -0.05) is 0 Å². The summed E-state index contributed by atoms with van der Waals surface area (Å²) in [6.45, 7) is 1.84. The Kier molecular flexibility index (Phi) is 3.84. The van der Waals surface area contributed by atoms with E-state index >= 15 is 0 Å². The van der Waals surface area contributed by atoms with E-state index in [0.29, 0.717) is 30.7 Å². The number of hydrogen-bond donors (Lipinski definition) is 1. The Morgan fingerprint density at radius 2 is 2.25 bits per heavy atom. The Morgan fingerprint density at radius 1 is 1.42 bits per heavy atom. The second kappa shape index (κ2) is 6.01.